The molecule has 92 valence electrons. The third kappa shape index (κ3) is 4.29. The normalized spacial score (nSPS) is 10.8. The van der Waals surface area contributed by atoms with Crippen molar-refractivity contribution < 1.29 is 18.7 Å². The van der Waals surface area contributed by atoms with Crippen LogP contribution >= 0.6 is 0 Å². The summed E-state index contributed by atoms with van der Waals surface area (Å²) in [5, 5.41) is 0. The highest BCUT2D eigenvalue weighted by atomic mass is 16.5. The summed E-state index contributed by atoms with van der Waals surface area (Å²) in [5.41, 5.74) is 10.00. The molecule has 0 aliphatic carbocycles. The number of hydrogen-bond acceptors (Lipinski definition) is 6. The van der Waals surface area contributed by atoms with Crippen LogP contribution in [0.15, 0.2) is 34.7 Å². The Kier molecular flexibility index (Phi) is 4.61. The molecule has 0 aliphatic rings. The topological polar surface area (TPSA) is 107 Å². The summed E-state index contributed by atoms with van der Waals surface area (Å²) in [7, 11) is 0. The lowest BCUT2D eigenvalue weighted by atomic mass is 10.4. The van der Waals surface area contributed by atoms with Crippen molar-refractivity contribution in [3.05, 3.63) is 36.1 Å². The van der Waals surface area contributed by atoms with Gasteiger partial charge < -0.3 is 14.9 Å². The van der Waals surface area contributed by atoms with E-state index in [4.69, 9.17) is 10.2 Å². The zero-order valence-electron chi connectivity index (χ0n) is 9.23. The van der Waals surface area contributed by atoms with Gasteiger partial charge in [-0.1, -0.05) is 0 Å². The van der Waals surface area contributed by atoms with E-state index in [2.05, 4.69) is 15.6 Å². The van der Waals surface area contributed by atoms with Crippen LogP contribution in [0.25, 0.3) is 0 Å². The van der Waals surface area contributed by atoms with E-state index in [1.165, 1.54) is 12.3 Å². The third-order valence-corrected chi connectivity index (χ3v) is 1.63. The molecule has 7 heteroatoms. The van der Waals surface area contributed by atoms with Crippen molar-refractivity contribution in [3.63, 3.8) is 0 Å². The number of nitrogens with two attached hydrogens (primary N) is 1. The third-order valence-electron chi connectivity index (χ3n) is 1.63. The van der Waals surface area contributed by atoms with Gasteiger partial charge in [-0.05, 0) is 19.1 Å². The molecule has 1 rings (SSSR count). The van der Waals surface area contributed by atoms with E-state index in [0.717, 1.165) is 6.08 Å². The molecule has 7 nitrogen and oxygen atoms in total. The second-order valence-corrected chi connectivity index (χ2v) is 2.91. The lowest BCUT2D eigenvalue weighted by Crippen LogP contribution is -2.39. The first kappa shape index (κ1) is 12.6. The Bertz CT molecular complexity index is 411. The van der Waals surface area contributed by atoms with Crippen LogP contribution in [0.4, 0.5) is 0 Å². The van der Waals surface area contributed by atoms with E-state index in [0.29, 0.717) is 0 Å². The Morgan fingerprint density at radius 2 is 2.29 bits per heavy atom. The molecule has 0 bridgehead atoms. The van der Waals surface area contributed by atoms with Crippen LogP contribution in [-0.2, 0) is 9.53 Å². The largest absolute Gasteiger partial charge is 0.463 e. The highest BCUT2D eigenvalue weighted by Gasteiger charge is 2.07. The molecule has 0 atom stereocenters. The SMILES string of the molecule is CCOC(=O)/C=C(/N)NNC(=O)c1ccco1. The number of amides is 1. The van der Waals surface area contributed by atoms with E-state index in [1.807, 2.05) is 0 Å². The summed E-state index contributed by atoms with van der Waals surface area (Å²) < 4.78 is 9.47. The summed E-state index contributed by atoms with van der Waals surface area (Å²) in [6, 6.07) is 3.06. The Morgan fingerprint density at radius 1 is 1.53 bits per heavy atom. The molecule has 0 spiro atoms. The predicted molar refractivity (Wildman–Crippen MR) is 58.2 cm³/mol. The molecular weight excluding hydrogens is 226 g/mol. The summed E-state index contributed by atoms with van der Waals surface area (Å²) in [5.74, 6) is -1.01. The van der Waals surface area contributed by atoms with E-state index in [9.17, 15) is 9.59 Å². The molecule has 0 aliphatic heterocycles. The molecule has 1 aromatic heterocycles. The van der Waals surface area contributed by atoms with Crippen molar-refractivity contribution >= 4 is 11.9 Å². The number of furan rings is 1. The monoisotopic (exact) mass is 239 g/mol. The fourth-order valence-corrected chi connectivity index (χ4v) is 0.945. The highest BCUT2D eigenvalue weighted by Crippen LogP contribution is 1.98. The first-order valence-corrected chi connectivity index (χ1v) is 4.87. The van der Waals surface area contributed by atoms with Crippen molar-refractivity contribution in [2.75, 3.05) is 6.61 Å². The Labute approximate surface area is 97.6 Å². The van der Waals surface area contributed by atoms with Crippen LogP contribution in [0.3, 0.4) is 0 Å². The van der Waals surface area contributed by atoms with Crippen LogP contribution < -0.4 is 16.6 Å². The maximum atomic E-state index is 11.4. The fraction of sp³-hybridized carbons (Fsp3) is 0.200. The van der Waals surface area contributed by atoms with Gasteiger partial charge in [0, 0.05) is 0 Å². The zero-order chi connectivity index (χ0) is 12.7. The minimum atomic E-state index is -0.593. The Morgan fingerprint density at radius 3 is 2.88 bits per heavy atom. The molecule has 0 saturated carbocycles. The molecule has 0 unspecified atom stereocenters. The number of ether oxygens (including phenoxy) is 1. The summed E-state index contributed by atoms with van der Waals surface area (Å²) >= 11 is 0. The van der Waals surface area contributed by atoms with Crippen LogP contribution in [0, 0.1) is 0 Å². The molecule has 0 radical (unpaired) electrons. The first-order valence-electron chi connectivity index (χ1n) is 4.87. The van der Waals surface area contributed by atoms with Gasteiger partial charge in [-0.25, -0.2) is 4.79 Å². The van der Waals surface area contributed by atoms with Gasteiger partial charge in [0.05, 0.1) is 18.9 Å². The summed E-state index contributed by atoms with van der Waals surface area (Å²) in [6.07, 6.45) is 2.39. The number of rotatable bonds is 5. The van der Waals surface area contributed by atoms with Gasteiger partial charge in [0.25, 0.3) is 0 Å². The Hall–Kier alpha value is -2.44. The van der Waals surface area contributed by atoms with E-state index >= 15 is 0 Å². The molecule has 1 heterocycles. The molecule has 0 fully saturated rings. The first-order chi connectivity index (χ1) is 8.13. The minimum Gasteiger partial charge on any atom is -0.463 e. The summed E-state index contributed by atoms with van der Waals surface area (Å²) in [4.78, 5) is 22.3. The number of nitrogens with one attached hydrogen (secondary N) is 2. The lowest BCUT2D eigenvalue weighted by Gasteiger charge is -2.06. The van der Waals surface area contributed by atoms with Crippen molar-refractivity contribution in [1.82, 2.24) is 10.9 Å². The van der Waals surface area contributed by atoms with Crippen LogP contribution in [0.5, 0.6) is 0 Å². The minimum absolute atomic E-state index is 0.0386. The average Bonchev–Trinajstić information content (AvgIpc) is 2.79. The maximum Gasteiger partial charge on any atom is 0.334 e. The molecule has 0 saturated heterocycles. The molecule has 4 N–H and O–H groups in total. The van der Waals surface area contributed by atoms with E-state index in [-0.39, 0.29) is 18.2 Å². The van der Waals surface area contributed by atoms with Crippen molar-refractivity contribution in [3.8, 4) is 0 Å². The Balaban J connectivity index is 2.40. The van der Waals surface area contributed by atoms with Crippen molar-refractivity contribution in [2.24, 2.45) is 5.73 Å². The number of carbonyl (C=O) groups excluding carboxylic acids is 2. The smallest absolute Gasteiger partial charge is 0.334 e. The molecule has 1 aromatic rings. The second-order valence-electron chi connectivity index (χ2n) is 2.91. The van der Waals surface area contributed by atoms with Crippen molar-refractivity contribution in [2.45, 2.75) is 6.92 Å². The average molecular weight is 239 g/mol. The summed E-state index contributed by atoms with van der Waals surface area (Å²) in [6.45, 7) is 1.93. The van der Waals surface area contributed by atoms with Crippen LogP contribution in [0.2, 0.25) is 0 Å². The number of carbonyl (C=O) groups is 2. The van der Waals surface area contributed by atoms with Gasteiger partial charge in [0.15, 0.2) is 5.76 Å². The number of esters is 1. The second kappa shape index (κ2) is 6.21. The predicted octanol–water partition coefficient (Wildman–Crippen LogP) is -0.123. The van der Waals surface area contributed by atoms with Gasteiger partial charge in [-0.2, -0.15) is 0 Å². The molecular formula is C10H13N3O4. The maximum absolute atomic E-state index is 11.4. The van der Waals surface area contributed by atoms with Crippen LogP contribution in [0.1, 0.15) is 17.5 Å². The highest BCUT2D eigenvalue weighted by molar-refractivity contribution is 5.91. The van der Waals surface area contributed by atoms with Gasteiger partial charge in [-0.3, -0.25) is 15.6 Å². The van der Waals surface area contributed by atoms with Gasteiger partial charge in [-0.15, -0.1) is 0 Å². The van der Waals surface area contributed by atoms with E-state index < -0.39 is 11.9 Å². The van der Waals surface area contributed by atoms with Crippen LogP contribution in [-0.4, -0.2) is 18.5 Å². The van der Waals surface area contributed by atoms with Gasteiger partial charge >= 0.3 is 11.9 Å². The standard InChI is InChI=1S/C10H13N3O4/c1-2-16-9(14)6-8(11)12-13-10(15)7-4-3-5-17-7/h3-6,12H,2,11H2,1H3,(H,13,15)/b8-6-. The zero-order valence-corrected chi connectivity index (χ0v) is 9.23. The van der Waals surface area contributed by atoms with Gasteiger partial charge in [0.1, 0.15) is 5.82 Å². The number of hydrazine groups is 1. The quantitative estimate of drug-likeness (QED) is 0.375. The molecule has 1 amide bonds. The molecule has 17 heavy (non-hydrogen) atoms. The van der Waals surface area contributed by atoms with Gasteiger partial charge in [0.2, 0.25) is 0 Å². The fourth-order valence-electron chi connectivity index (χ4n) is 0.945. The molecule has 0 aromatic carbocycles. The lowest BCUT2D eigenvalue weighted by molar-refractivity contribution is -0.137. The van der Waals surface area contributed by atoms with Crippen molar-refractivity contribution in [1.29, 1.82) is 0 Å². The van der Waals surface area contributed by atoms with E-state index in [1.54, 1.807) is 13.0 Å². The number of hydrogen-bond donors (Lipinski definition) is 3.